The molecule has 5 fully saturated rings. The van der Waals surface area contributed by atoms with Crippen LogP contribution >= 0.6 is 0 Å². The van der Waals surface area contributed by atoms with Gasteiger partial charge in [-0.3, -0.25) is 0 Å². The van der Waals surface area contributed by atoms with Crippen LogP contribution in [0, 0.1) is 56.7 Å². The maximum absolute atomic E-state index is 14.2. The number of aliphatic hydroxyl groups is 1. The Kier molecular flexibility index (Phi) is 16.5. The van der Waals surface area contributed by atoms with Crippen LogP contribution in [0.15, 0.2) is 12.2 Å². The Morgan fingerprint density at radius 2 is 1.23 bits per heavy atom. The molecule has 5 aliphatic carbocycles. The van der Waals surface area contributed by atoms with E-state index in [1.807, 2.05) is 0 Å². The molecule has 5 rings (SSSR count). The number of carbonyl (C=O) groups excluding carboxylic acids is 1. The first-order chi connectivity index (χ1) is 27.1. The fourth-order valence-electron chi connectivity index (χ4n) is 15.8. The van der Waals surface area contributed by atoms with E-state index in [0.717, 1.165) is 24.0 Å². The smallest absolute Gasteiger partial charge is 0.362 e. The zero-order valence-electron chi connectivity index (χ0n) is 39.6. The van der Waals surface area contributed by atoms with Crippen LogP contribution in [-0.2, 0) is 9.53 Å². The van der Waals surface area contributed by atoms with Crippen molar-refractivity contribution in [3.8, 4) is 0 Å². The Hall–Kier alpha value is -0.870. The first-order valence-corrected chi connectivity index (χ1v) is 25.4. The fraction of sp³-hybridized carbons (Fsp3) is 0.943. The van der Waals surface area contributed by atoms with Crippen molar-refractivity contribution in [2.75, 3.05) is 33.3 Å². The number of aliphatic hydroxyl groups excluding tert-OH is 1. The van der Waals surface area contributed by atoms with E-state index in [2.05, 4.69) is 69.0 Å². The Morgan fingerprint density at radius 3 is 1.77 bits per heavy atom. The van der Waals surface area contributed by atoms with Crippen LogP contribution in [0.4, 0.5) is 0 Å². The molecule has 4 heteroatoms. The predicted octanol–water partition coefficient (Wildman–Crippen LogP) is 14.3. The molecule has 0 aliphatic heterocycles. The number of hydrogen-bond acceptors (Lipinski definition) is 3. The van der Waals surface area contributed by atoms with Crippen molar-refractivity contribution >= 4 is 5.97 Å². The standard InChI is InChI=1S/C53H96NO3/c1-11-13-15-17-19-21-23-25-37-54(10,38-26-24-22-20-18-16-14-12-2)39-47(56)57-46-31-32-50(7)44(49(46,5)6)30-33-52(9)45(50)28-27-43-48-42(41(3)4)29-34-53(48,40-55)36-35-51(43,52)8/h42-46,48,55H,3,11-40H2,1-2,4-10H3/q+1/t42?,43?,44?,45?,46-,48?,50-,51+,52+,53+/m0/s1. The SMILES string of the molecule is C=C(C)C1CC[C@]2(CO)CC[C@]3(C)C(CCC4[C@@]5(C)CC[C@H](OC(=O)C[N+](C)(CCCCCCCCCC)CCCCCCCCCC)C(C)(C)C5CC[C@]43C)C12. The molecule has 4 nitrogen and oxygen atoms in total. The van der Waals surface area contributed by atoms with Crippen molar-refractivity contribution in [1.29, 1.82) is 0 Å². The third-order valence-electron chi connectivity index (χ3n) is 19.4. The molecule has 0 bridgehead atoms. The molecule has 0 amide bonds. The lowest BCUT2D eigenvalue weighted by molar-refractivity contribution is -0.903. The second-order valence-corrected chi connectivity index (χ2v) is 23.2. The summed E-state index contributed by atoms with van der Waals surface area (Å²) >= 11 is 0. The van der Waals surface area contributed by atoms with Gasteiger partial charge < -0.3 is 14.3 Å². The molecule has 0 aromatic rings. The number of likely N-dealkylation sites (N-methyl/N-ethyl adjacent to an activating group) is 1. The monoisotopic (exact) mass is 795 g/mol. The number of esters is 1. The first-order valence-electron chi connectivity index (χ1n) is 25.4. The van der Waals surface area contributed by atoms with Crippen LogP contribution in [0.3, 0.4) is 0 Å². The molecule has 0 heterocycles. The molecule has 0 spiro atoms. The Labute approximate surface area is 354 Å². The summed E-state index contributed by atoms with van der Waals surface area (Å²) in [6, 6.07) is 0. The molecule has 5 aliphatic rings. The van der Waals surface area contributed by atoms with Crippen molar-refractivity contribution in [2.45, 2.75) is 228 Å². The van der Waals surface area contributed by atoms with Crippen LogP contribution in [0.5, 0.6) is 0 Å². The third kappa shape index (κ3) is 9.78. The third-order valence-corrected chi connectivity index (χ3v) is 19.4. The lowest BCUT2D eigenvalue weighted by Crippen LogP contribution is -2.67. The summed E-state index contributed by atoms with van der Waals surface area (Å²) in [7, 11) is 2.37. The molecule has 10 atom stereocenters. The summed E-state index contributed by atoms with van der Waals surface area (Å²) in [6.07, 6.45) is 33.5. The molecule has 5 unspecified atom stereocenters. The highest BCUT2D eigenvalue weighted by molar-refractivity contribution is 5.71. The summed E-state index contributed by atoms with van der Waals surface area (Å²) in [5.74, 6) is 3.16. The Balaban J connectivity index is 1.22. The minimum Gasteiger partial charge on any atom is -0.458 e. The molecule has 0 aromatic heterocycles. The Morgan fingerprint density at radius 1 is 0.667 bits per heavy atom. The van der Waals surface area contributed by atoms with Crippen molar-refractivity contribution in [3.05, 3.63) is 12.2 Å². The topological polar surface area (TPSA) is 46.5 Å². The van der Waals surface area contributed by atoms with E-state index in [1.54, 1.807) is 0 Å². The summed E-state index contributed by atoms with van der Waals surface area (Å²) < 4.78 is 7.60. The second kappa shape index (κ2) is 19.9. The average Bonchev–Trinajstić information content (AvgIpc) is 3.56. The van der Waals surface area contributed by atoms with Gasteiger partial charge in [-0.2, -0.15) is 0 Å². The summed E-state index contributed by atoms with van der Waals surface area (Å²) in [5.41, 5.74) is 2.30. The van der Waals surface area contributed by atoms with E-state index in [4.69, 9.17) is 4.74 Å². The molecule has 1 N–H and O–H groups in total. The number of hydrogen-bond donors (Lipinski definition) is 1. The van der Waals surface area contributed by atoms with Crippen LogP contribution < -0.4 is 0 Å². The van der Waals surface area contributed by atoms with Gasteiger partial charge >= 0.3 is 5.97 Å². The van der Waals surface area contributed by atoms with Gasteiger partial charge in [-0.1, -0.05) is 138 Å². The van der Waals surface area contributed by atoms with E-state index < -0.39 is 0 Å². The van der Waals surface area contributed by atoms with Gasteiger partial charge in [0.05, 0.1) is 20.1 Å². The number of rotatable bonds is 23. The molecule has 330 valence electrons. The summed E-state index contributed by atoms with van der Waals surface area (Å²) in [6.45, 7) is 27.5. The maximum Gasteiger partial charge on any atom is 0.362 e. The molecular formula is C53H96NO3+. The van der Waals surface area contributed by atoms with Crippen LogP contribution in [0.2, 0.25) is 0 Å². The average molecular weight is 795 g/mol. The molecule has 57 heavy (non-hydrogen) atoms. The van der Waals surface area contributed by atoms with Crippen molar-refractivity contribution in [3.63, 3.8) is 0 Å². The highest BCUT2D eigenvalue weighted by atomic mass is 16.5. The quantitative estimate of drug-likeness (QED) is 0.0485. The van der Waals surface area contributed by atoms with Gasteiger partial charge in [0.2, 0.25) is 0 Å². The van der Waals surface area contributed by atoms with E-state index in [9.17, 15) is 9.90 Å². The van der Waals surface area contributed by atoms with Gasteiger partial charge in [0.1, 0.15) is 6.10 Å². The molecule has 5 saturated carbocycles. The fourth-order valence-corrected chi connectivity index (χ4v) is 15.8. The number of fused-ring (bicyclic) bond motifs is 7. The molecule has 0 radical (unpaired) electrons. The number of allylic oxidation sites excluding steroid dienone is 1. The number of unbranched alkanes of at least 4 members (excludes halogenated alkanes) is 14. The molecule has 0 saturated heterocycles. The van der Waals surface area contributed by atoms with E-state index in [1.165, 1.54) is 166 Å². The Bertz CT molecular complexity index is 1270. The van der Waals surface area contributed by atoms with E-state index in [-0.39, 0.29) is 28.3 Å². The van der Waals surface area contributed by atoms with Crippen molar-refractivity contribution < 1.29 is 19.1 Å². The van der Waals surface area contributed by atoms with Gasteiger partial charge in [-0.25, -0.2) is 4.79 Å². The largest absolute Gasteiger partial charge is 0.458 e. The highest BCUT2D eigenvalue weighted by Gasteiger charge is 2.71. The lowest BCUT2D eigenvalue weighted by atomic mass is 9.32. The van der Waals surface area contributed by atoms with Crippen molar-refractivity contribution in [1.82, 2.24) is 0 Å². The van der Waals surface area contributed by atoms with Gasteiger partial charge in [-0.15, -0.1) is 0 Å². The molecule has 0 aromatic carbocycles. The highest BCUT2D eigenvalue weighted by Crippen LogP contribution is 2.77. The maximum atomic E-state index is 14.2. The number of ether oxygens (including phenoxy) is 1. The van der Waals surface area contributed by atoms with E-state index >= 15 is 0 Å². The first kappa shape index (κ1) is 47.2. The number of nitrogens with zero attached hydrogens (tertiary/aromatic N) is 1. The van der Waals surface area contributed by atoms with Gasteiger partial charge in [-0.05, 0) is 148 Å². The van der Waals surface area contributed by atoms with Gasteiger partial charge in [0.25, 0.3) is 0 Å². The van der Waals surface area contributed by atoms with Crippen LogP contribution in [0.1, 0.15) is 222 Å². The van der Waals surface area contributed by atoms with Crippen molar-refractivity contribution in [2.24, 2.45) is 56.7 Å². The number of carbonyl (C=O) groups is 1. The second-order valence-electron chi connectivity index (χ2n) is 23.2. The number of quaternary nitrogens is 1. The van der Waals surface area contributed by atoms with Gasteiger partial charge in [0, 0.05) is 12.0 Å². The van der Waals surface area contributed by atoms with Gasteiger partial charge in [0.15, 0.2) is 6.54 Å². The van der Waals surface area contributed by atoms with Crippen LogP contribution in [0.25, 0.3) is 0 Å². The lowest BCUT2D eigenvalue weighted by Gasteiger charge is -2.73. The summed E-state index contributed by atoms with van der Waals surface area (Å²) in [5, 5.41) is 10.9. The van der Waals surface area contributed by atoms with E-state index in [0.29, 0.717) is 53.6 Å². The zero-order chi connectivity index (χ0) is 41.5. The predicted molar refractivity (Wildman–Crippen MR) is 242 cm³/mol. The minimum atomic E-state index is -0.0319. The van der Waals surface area contributed by atoms with Crippen LogP contribution in [-0.4, -0.2) is 55.0 Å². The molecular weight excluding hydrogens is 699 g/mol. The zero-order valence-corrected chi connectivity index (χ0v) is 39.6. The minimum absolute atomic E-state index is 0.00807. The normalized spacial score (nSPS) is 37.2. The summed E-state index contributed by atoms with van der Waals surface area (Å²) in [4.78, 5) is 14.2.